The first-order chi connectivity index (χ1) is 12.8. The lowest BCUT2D eigenvalue weighted by molar-refractivity contribution is -0.150. The van der Waals surface area contributed by atoms with Gasteiger partial charge in [-0.25, -0.2) is 0 Å². The molecule has 0 radical (unpaired) electrons. The minimum Gasteiger partial charge on any atom is -0.452 e. The van der Waals surface area contributed by atoms with Crippen LogP contribution in [0.5, 0.6) is 0 Å². The molecule has 2 N–H and O–H groups in total. The van der Waals surface area contributed by atoms with Crippen LogP contribution in [0.4, 0.5) is 11.5 Å². The first kappa shape index (κ1) is 20.5. The number of rotatable bonds is 8. The van der Waals surface area contributed by atoms with Crippen LogP contribution in [0.3, 0.4) is 0 Å². The van der Waals surface area contributed by atoms with Gasteiger partial charge < -0.3 is 19.9 Å². The molecule has 0 spiro atoms. The third kappa shape index (κ3) is 7.14. The molecule has 0 aliphatic carbocycles. The number of amides is 2. The zero-order valence-corrected chi connectivity index (χ0v) is 16.1. The van der Waals surface area contributed by atoms with Crippen molar-refractivity contribution in [1.29, 1.82) is 0 Å². The molecule has 1 aromatic carbocycles. The number of nitrogens with zero attached hydrogens (tertiary/aromatic N) is 1. The number of hydrogen-bond donors (Lipinski definition) is 2. The van der Waals surface area contributed by atoms with Crippen molar-refractivity contribution in [2.45, 2.75) is 26.9 Å². The van der Waals surface area contributed by atoms with Gasteiger partial charge in [0.15, 0.2) is 11.9 Å². The summed E-state index contributed by atoms with van der Waals surface area (Å²) in [6.45, 7) is 5.12. The van der Waals surface area contributed by atoms with E-state index in [1.165, 1.54) is 6.92 Å². The number of aromatic nitrogens is 1. The quantitative estimate of drug-likeness (QED) is 0.665. The fourth-order valence-corrected chi connectivity index (χ4v) is 2.68. The number of carbonyl (C=O) groups excluding carboxylic acids is 3. The van der Waals surface area contributed by atoms with Crippen molar-refractivity contribution >= 4 is 41.1 Å². The molecule has 0 fully saturated rings. The molecule has 0 aliphatic rings. The SMILES string of the molecule is Cc1cccc(NC(=O)[C@@H](C)OC(=O)CSCC(=O)Nc2cc(C)on2)c1. The number of benzene rings is 1. The van der Waals surface area contributed by atoms with E-state index in [9.17, 15) is 14.4 Å². The molecule has 0 saturated carbocycles. The summed E-state index contributed by atoms with van der Waals surface area (Å²) in [4.78, 5) is 35.6. The Bertz CT molecular complexity index is 821. The van der Waals surface area contributed by atoms with Crippen LogP contribution in [0.1, 0.15) is 18.2 Å². The van der Waals surface area contributed by atoms with E-state index < -0.39 is 18.0 Å². The Labute approximate surface area is 161 Å². The minimum absolute atomic E-state index is 0.0465. The molecule has 1 atom stereocenters. The molecule has 9 heteroatoms. The van der Waals surface area contributed by atoms with E-state index in [1.54, 1.807) is 19.1 Å². The van der Waals surface area contributed by atoms with Crippen LogP contribution >= 0.6 is 11.8 Å². The highest BCUT2D eigenvalue weighted by Crippen LogP contribution is 2.11. The molecule has 0 bridgehead atoms. The minimum atomic E-state index is -0.939. The van der Waals surface area contributed by atoms with Gasteiger partial charge in [0.25, 0.3) is 5.91 Å². The Morgan fingerprint density at radius 1 is 1.19 bits per heavy atom. The number of anilines is 2. The largest absolute Gasteiger partial charge is 0.452 e. The zero-order chi connectivity index (χ0) is 19.8. The smallest absolute Gasteiger partial charge is 0.316 e. The molecule has 0 unspecified atom stereocenters. The van der Waals surface area contributed by atoms with E-state index in [2.05, 4.69) is 15.8 Å². The fourth-order valence-electron chi connectivity index (χ4n) is 2.08. The lowest BCUT2D eigenvalue weighted by Gasteiger charge is -2.13. The van der Waals surface area contributed by atoms with E-state index in [1.807, 2.05) is 25.1 Å². The van der Waals surface area contributed by atoms with Crippen LogP contribution in [0.15, 0.2) is 34.9 Å². The topological polar surface area (TPSA) is 111 Å². The average Bonchev–Trinajstić information content (AvgIpc) is 2.99. The van der Waals surface area contributed by atoms with Gasteiger partial charge >= 0.3 is 5.97 Å². The molecule has 1 aromatic heterocycles. The maximum absolute atomic E-state index is 12.1. The maximum atomic E-state index is 12.1. The van der Waals surface area contributed by atoms with E-state index >= 15 is 0 Å². The molecule has 2 amide bonds. The number of thioether (sulfide) groups is 1. The van der Waals surface area contributed by atoms with Crippen LogP contribution in [-0.2, 0) is 19.1 Å². The van der Waals surface area contributed by atoms with Gasteiger partial charge in [-0.3, -0.25) is 14.4 Å². The molecule has 144 valence electrons. The Balaban J connectivity index is 1.68. The number of esters is 1. The van der Waals surface area contributed by atoms with Crippen molar-refractivity contribution in [1.82, 2.24) is 5.16 Å². The zero-order valence-electron chi connectivity index (χ0n) is 15.3. The summed E-state index contributed by atoms with van der Waals surface area (Å²) in [5.74, 6) is -0.402. The molecule has 8 nitrogen and oxygen atoms in total. The van der Waals surface area contributed by atoms with Crippen molar-refractivity contribution in [3.05, 3.63) is 41.7 Å². The van der Waals surface area contributed by atoms with Crippen molar-refractivity contribution in [2.24, 2.45) is 0 Å². The second-order valence-corrected chi connectivity index (χ2v) is 6.84. The average molecular weight is 391 g/mol. The Hall–Kier alpha value is -2.81. The van der Waals surface area contributed by atoms with E-state index in [0.717, 1.165) is 17.3 Å². The van der Waals surface area contributed by atoms with Crippen LogP contribution < -0.4 is 10.6 Å². The molecule has 0 saturated heterocycles. The maximum Gasteiger partial charge on any atom is 0.316 e. The third-order valence-corrected chi connectivity index (χ3v) is 4.22. The molecule has 0 aliphatic heterocycles. The lowest BCUT2D eigenvalue weighted by Crippen LogP contribution is -2.30. The molecular formula is C18H21N3O5S. The number of hydrogen-bond acceptors (Lipinski definition) is 7. The summed E-state index contributed by atoms with van der Waals surface area (Å²) >= 11 is 1.08. The Morgan fingerprint density at radius 2 is 1.96 bits per heavy atom. The first-order valence-electron chi connectivity index (χ1n) is 8.21. The highest BCUT2D eigenvalue weighted by molar-refractivity contribution is 8.00. The van der Waals surface area contributed by atoms with Crippen molar-refractivity contribution in [3.63, 3.8) is 0 Å². The summed E-state index contributed by atoms with van der Waals surface area (Å²) in [6.07, 6.45) is -0.939. The van der Waals surface area contributed by atoms with E-state index in [4.69, 9.17) is 9.26 Å². The van der Waals surface area contributed by atoms with E-state index in [-0.39, 0.29) is 17.4 Å². The third-order valence-electron chi connectivity index (χ3n) is 3.31. The second kappa shape index (κ2) is 9.77. The molecule has 2 rings (SSSR count). The summed E-state index contributed by atoms with van der Waals surface area (Å²) in [6, 6.07) is 8.90. The van der Waals surface area contributed by atoms with Gasteiger partial charge in [0.05, 0.1) is 11.5 Å². The highest BCUT2D eigenvalue weighted by Gasteiger charge is 2.18. The van der Waals surface area contributed by atoms with Crippen molar-refractivity contribution < 1.29 is 23.6 Å². The summed E-state index contributed by atoms with van der Waals surface area (Å²) in [7, 11) is 0. The highest BCUT2D eigenvalue weighted by atomic mass is 32.2. The van der Waals surface area contributed by atoms with Gasteiger partial charge in [-0.2, -0.15) is 0 Å². The van der Waals surface area contributed by atoms with Crippen LogP contribution in [0.2, 0.25) is 0 Å². The van der Waals surface area contributed by atoms with Gasteiger partial charge in [-0.1, -0.05) is 17.3 Å². The molecule has 2 aromatic rings. The Morgan fingerprint density at radius 3 is 2.63 bits per heavy atom. The number of carbonyl (C=O) groups is 3. The van der Waals surface area contributed by atoms with Gasteiger partial charge in [-0.05, 0) is 38.5 Å². The predicted octanol–water partition coefficient (Wildman–Crippen LogP) is 2.53. The van der Waals surface area contributed by atoms with Crippen LogP contribution in [0, 0.1) is 13.8 Å². The van der Waals surface area contributed by atoms with E-state index in [0.29, 0.717) is 17.3 Å². The monoisotopic (exact) mass is 391 g/mol. The summed E-state index contributed by atoms with van der Waals surface area (Å²) < 4.78 is 9.93. The summed E-state index contributed by atoms with van der Waals surface area (Å²) in [5, 5.41) is 8.88. The number of aryl methyl sites for hydroxylation is 2. The van der Waals surface area contributed by atoms with Gasteiger partial charge in [0.1, 0.15) is 5.76 Å². The lowest BCUT2D eigenvalue weighted by atomic mass is 10.2. The Kier molecular flexibility index (Phi) is 7.42. The van der Waals surface area contributed by atoms with Gasteiger partial charge in [0.2, 0.25) is 5.91 Å². The van der Waals surface area contributed by atoms with Crippen LogP contribution in [0.25, 0.3) is 0 Å². The predicted molar refractivity (Wildman–Crippen MR) is 103 cm³/mol. The van der Waals surface area contributed by atoms with Crippen molar-refractivity contribution in [3.8, 4) is 0 Å². The normalized spacial score (nSPS) is 11.5. The molecule has 1 heterocycles. The number of ether oxygens (including phenoxy) is 1. The molecular weight excluding hydrogens is 370 g/mol. The number of nitrogens with one attached hydrogen (secondary N) is 2. The van der Waals surface area contributed by atoms with Gasteiger partial charge in [-0.15, -0.1) is 11.8 Å². The summed E-state index contributed by atoms with van der Waals surface area (Å²) in [5.41, 5.74) is 1.64. The van der Waals surface area contributed by atoms with Gasteiger partial charge in [0, 0.05) is 11.8 Å². The van der Waals surface area contributed by atoms with Crippen molar-refractivity contribution in [2.75, 3.05) is 22.1 Å². The first-order valence-corrected chi connectivity index (χ1v) is 9.37. The molecule has 27 heavy (non-hydrogen) atoms. The second-order valence-electron chi connectivity index (χ2n) is 5.85. The fraction of sp³-hybridized carbons (Fsp3) is 0.333. The van der Waals surface area contributed by atoms with Crippen LogP contribution in [-0.4, -0.2) is 40.6 Å². The standard InChI is InChI=1S/C18H21N3O5S/c1-11-5-4-6-14(7-11)19-18(24)13(3)25-17(23)10-27-9-16(22)20-15-8-12(2)26-21-15/h4-8,13H,9-10H2,1-3H3,(H,19,24)(H,20,21,22)/t13-/m1/s1.